The van der Waals surface area contributed by atoms with E-state index in [2.05, 4.69) is 4.98 Å². The van der Waals surface area contributed by atoms with Gasteiger partial charge in [0.15, 0.2) is 15.6 Å². The van der Waals surface area contributed by atoms with Crippen molar-refractivity contribution in [3.8, 4) is 0 Å². The van der Waals surface area contributed by atoms with Gasteiger partial charge in [-0.25, -0.2) is 16.8 Å². The summed E-state index contributed by atoms with van der Waals surface area (Å²) in [4.78, 5) is 3.72. The van der Waals surface area contributed by atoms with Gasteiger partial charge in [-0.1, -0.05) is 29.8 Å². The summed E-state index contributed by atoms with van der Waals surface area (Å²) in [5.41, 5.74) is 1.32. The van der Waals surface area contributed by atoms with Crippen LogP contribution in [0.3, 0.4) is 0 Å². The average Bonchev–Trinajstić information content (AvgIpc) is 2.62. The molecule has 0 fully saturated rings. The summed E-state index contributed by atoms with van der Waals surface area (Å²) in [6.07, 6.45) is 1.45. The molecule has 0 aliphatic carbocycles. The average molecular weight is 443 g/mol. The molecule has 10 heteroatoms. The molecule has 1 aromatic carbocycles. The van der Waals surface area contributed by atoms with Gasteiger partial charge in [0.1, 0.15) is 10.6 Å². The Hall–Kier alpha value is -2.10. The molecule has 1 N–H and O–H groups in total. The van der Waals surface area contributed by atoms with Crippen LogP contribution >= 0.6 is 11.6 Å². The van der Waals surface area contributed by atoms with Gasteiger partial charge >= 0.3 is 0 Å². The smallest absolute Gasteiger partial charge is 0.234 e. The highest BCUT2D eigenvalue weighted by atomic mass is 35.5. The van der Waals surface area contributed by atoms with Crippen LogP contribution in [0.15, 0.2) is 30.5 Å². The van der Waals surface area contributed by atoms with Crippen molar-refractivity contribution in [2.45, 2.75) is 19.6 Å². The molecule has 1 aliphatic heterocycles. The van der Waals surface area contributed by atoms with Crippen molar-refractivity contribution < 1.29 is 21.9 Å². The van der Waals surface area contributed by atoms with E-state index in [1.165, 1.54) is 26.2 Å². The Labute approximate surface area is 169 Å². The van der Waals surface area contributed by atoms with Gasteiger partial charge in [-0.05, 0) is 31.0 Å². The van der Waals surface area contributed by atoms with Gasteiger partial charge in [0.2, 0.25) is 10.0 Å². The number of benzene rings is 1. The van der Waals surface area contributed by atoms with Crippen LogP contribution < -0.4 is 4.31 Å². The minimum atomic E-state index is -3.92. The highest BCUT2D eigenvalue weighted by molar-refractivity contribution is 8.00. The van der Waals surface area contributed by atoms with E-state index in [4.69, 9.17) is 11.6 Å². The normalized spacial score (nSPS) is 16.0. The number of rotatable bonds is 4. The zero-order valence-electron chi connectivity index (χ0n) is 15.5. The molecule has 0 saturated carbocycles. The van der Waals surface area contributed by atoms with Gasteiger partial charge < -0.3 is 5.11 Å². The van der Waals surface area contributed by atoms with Gasteiger partial charge in [0, 0.05) is 18.8 Å². The summed E-state index contributed by atoms with van der Waals surface area (Å²) in [7, 11) is -6.19. The minimum absolute atomic E-state index is 0.0363. The molecule has 1 aliphatic rings. The van der Waals surface area contributed by atoms with Gasteiger partial charge in [0.25, 0.3) is 0 Å². The molecule has 150 valence electrons. The third-order valence-electron chi connectivity index (χ3n) is 4.65. The number of halogens is 1. The van der Waals surface area contributed by atoms with E-state index < -0.39 is 25.6 Å². The lowest BCUT2D eigenvalue weighted by Gasteiger charge is -2.25. The predicted molar refractivity (Wildman–Crippen MR) is 110 cm³/mol. The number of aliphatic hydroxyl groups is 1. The summed E-state index contributed by atoms with van der Waals surface area (Å²) in [5.74, 6) is -0.981. The van der Waals surface area contributed by atoms with Crippen LogP contribution in [0.25, 0.3) is 10.7 Å². The Morgan fingerprint density at radius 3 is 2.61 bits per heavy atom. The molecule has 0 unspecified atom stereocenters. The van der Waals surface area contributed by atoms with Crippen LogP contribution in [0.5, 0.6) is 0 Å². The van der Waals surface area contributed by atoms with Crippen molar-refractivity contribution in [1.29, 1.82) is 0 Å². The molecule has 3 rings (SSSR count). The first kappa shape index (κ1) is 20.6. The Kier molecular flexibility index (Phi) is 5.20. The van der Waals surface area contributed by atoms with Crippen molar-refractivity contribution in [3.63, 3.8) is 0 Å². The zero-order chi connectivity index (χ0) is 20.9. The van der Waals surface area contributed by atoms with Crippen LogP contribution in [0.2, 0.25) is 5.02 Å². The number of hydrogen-bond donors (Lipinski definition) is 1. The van der Waals surface area contributed by atoms with E-state index >= 15 is 0 Å². The maximum absolute atomic E-state index is 12.9. The van der Waals surface area contributed by atoms with Gasteiger partial charge in [-0.15, -0.1) is 0 Å². The summed E-state index contributed by atoms with van der Waals surface area (Å²) >= 11 is 6.49. The van der Waals surface area contributed by atoms with Crippen molar-refractivity contribution >= 4 is 47.8 Å². The second-order valence-electron chi connectivity index (χ2n) is 6.41. The molecule has 0 bridgehead atoms. The first-order valence-electron chi connectivity index (χ1n) is 8.37. The van der Waals surface area contributed by atoms with Crippen molar-refractivity contribution in [2.75, 3.05) is 17.1 Å². The standard InChI is InChI=1S/C18H19ClN2O5S2/c1-4-28(25,26)21(3)16-11(2)7-8-13(14(16)19)18-17(22)15-12(6-5-9-20-15)10-27(18,23)24/h5-9,22H,4,10H2,1-3H3. The van der Waals surface area contributed by atoms with Gasteiger partial charge in [-0.3, -0.25) is 9.29 Å². The molecule has 7 nitrogen and oxygen atoms in total. The number of pyridine rings is 1. The lowest BCUT2D eigenvalue weighted by Crippen LogP contribution is -2.29. The topological polar surface area (TPSA) is 105 Å². The molecule has 28 heavy (non-hydrogen) atoms. The van der Waals surface area contributed by atoms with Crippen LogP contribution in [0, 0.1) is 6.92 Å². The van der Waals surface area contributed by atoms with Crippen LogP contribution in [-0.2, 0) is 25.6 Å². The lowest BCUT2D eigenvalue weighted by molar-refractivity contribution is 0.508. The number of sulfonamides is 1. The number of aromatic nitrogens is 1. The molecule has 0 radical (unpaired) electrons. The fourth-order valence-corrected chi connectivity index (χ4v) is 6.27. The second-order valence-corrected chi connectivity index (χ2v) is 11.0. The third kappa shape index (κ3) is 3.27. The summed E-state index contributed by atoms with van der Waals surface area (Å²) in [5, 5.41) is 10.6. The molecule has 0 atom stereocenters. The lowest BCUT2D eigenvalue weighted by atomic mass is 10.1. The molecule has 2 heterocycles. The molecule has 2 aromatic rings. The molecule has 0 amide bonds. The Bertz CT molecular complexity index is 1200. The van der Waals surface area contributed by atoms with E-state index in [9.17, 15) is 21.9 Å². The molecule has 0 spiro atoms. The van der Waals surface area contributed by atoms with Crippen LogP contribution in [0.4, 0.5) is 5.69 Å². The van der Waals surface area contributed by atoms with E-state index in [-0.39, 0.29) is 38.4 Å². The maximum atomic E-state index is 12.9. The van der Waals surface area contributed by atoms with Crippen LogP contribution in [0.1, 0.15) is 29.3 Å². The van der Waals surface area contributed by atoms with Gasteiger partial charge in [-0.2, -0.15) is 0 Å². The summed E-state index contributed by atoms with van der Waals surface area (Å²) < 4.78 is 51.5. The van der Waals surface area contributed by atoms with Crippen LogP contribution in [-0.4, -0.2) is 39.7 Å². The third-order valence-corrected chi connectivity index (χ3v) is 8.50. The number of aryl methyl sites for hydroxylation is 1. The maximum Gasteiger partial charge on any atom is 0.234 e. The van der Waals surface area contributed by atoms with E-state index in [0.717, 1.165) is 4.31 Å². The Morgan fingerprint density at radius 1 is 1.29 bits per heavy atom. The van der Waals surface area contributed by atoms with E-state index in [1.54, 1.807) is 25.1 Å². The van der Waals surface area contributed by atoms with Crippen molar-refractivity contribution in [3.05, 3.63) is 57.9 Å². The summed E-state index contributed by atoms with van der Waals surface area (Å²) in [6.45, 7) is 3.18. The highest BCUT2D eigenvalue weighted by Crippen LogP contribution is 2.43. The Balaban J connectivity index is 2.32. The van der Waals surface area contributed by atoms with Crippen molar-refractivity contribution in [2.24, 2.45) is 0 Å². The first-order valence-corrected chi connectivity index (χ1v) is 12.0. The molecule has 0 saturated heterocycles. The zero-order valence-corrected chi connectivity index (χ0v) is 17.9. The SMILES string of the molecule is CCS(=O)(=O)N(C)c1c(C)ccc(C2=C(O)c3ncccc3CS2(=O)=O)c1Cl. The monoisotopic (exact) mass is 442 g/mol. The van der Waals surface area contributed by atoms with Crippen molar-refractivity contribution in [1.82, 2.24) is 4.98 Å². The second kappa shape index (κ2) is 7.06. The molecule has 1 aromatic heterocycles. The summed E-state index contributed by atoms with van der Waals surface area (Å²) in [6, 6.07) is 6.21. The minimum Gasteiger partial charge on any atom is -0.504 e. The largest absolute Gasteiger partial charge is 0.504 e. The van der Waals surface area contributed by atoms with E-state index in [0.29, 0.717) is 11.1 Å². The number of hydrogen-bond acceptors (Lipinski definition) is 6. The fraction of sp³-hybridized carbons (Fsp3) is 0.278. The number of anilines is 1. The molecular weight excluding hydrogens is 424 g/mol. The number of sulfone groups is 1. The first-order chi connectivity index (χ1) is 13.0. The number of aliphatic hydroxyl groups excluding tert-OH is 1. The highest BCUT2D eigenvalue weighted by Gasteiger charge is 2.35. The Morgan fingerprint density at radius 2 is 1.96 bits per heavy atom. The number of nitrogens with zero attached hydrogens (tertiary/aromatic N) is 2. The number of fused-ring (bicyclic) bond motifs is 1. The fourth-order valence-electron chi connectivity index (χ4n) is 3.15. The van der Waals surface area contributed by atoms with E-state index in [1.807, 2.05) is 0 Å². The predicted octanol–water partition coefficient (Wildman–Crippen LogP) is 3.14. The van der Waals surface area contributed by atoms with Gasteiger partial charge in [0.05, 0.1) is 22.2 Å². The molecular formula is C18H19ClN2O5S2. The quantitative estimate of drug-likeness (QED) is 0.779.